The molecule has 0 saturated carbocycles. The number of para-hydroxylation sites is 4. The molecule has 2 aliphatic carbocycles. The van der Waals surface area contributed by atoms with Gasteiger partial charge in [-0.05, 0) is 83.3 Å². The molecule has 3 heteroatoms. The molecule has 3 heterocycles. The predicted octanol–water partition coefficient (Wildman–Crippen LogP) is 11.2. The Morgan fingerprint density at radius 2 is 1.46 bits per heavy atom. The highest BCUT2D eigenvalue weighted by atomic mass is 15.0. The molecule has 0 aliphatic heterocycles. The standard InChI is InChI=1S/C45H35N3/c1-29-15-21-37-36-10-4-6-12-40(36)47(43(37)27-29)33-19-16-30(17-20-33)31-23-25-45(2,26-24-31)32-18-22-34-35-9-3-7-13-41(35)48-42-14-8-5-11-39(42)46-44(48)38(34)28-32/h3-25,28-29H,26-27H2,1-2H3. The van der Waals surface area contributed by atoms with Crippen LogP contribution in [0.25, 0.3) is 66.6 Å². The number of imidazole rings is 1. The van der Waals surface area contributed by atoms with Crippen LogP contribution >= 0.6 is 0 Å². The molecule has 2 unspecified atom stereocenters. The summed E-state index contributed by atoms with van der Waals surface area (Å²) in [5.74, 6) is 0.541. The minimum Gasteiger partial charge on any atom is -0.313 e. The van der Waals surface area contributed by atoms with E-state index < -0.39 is 0 Å². The van der Waals surface area contributed by atoms with E-state index in [1.54, 1.807) is 0 Å². The van der Waals surface area contributed by atoms with E-state index in [9.17, 15) is 0 Å². The van der Waals surface area contributed by atoms with Crippen molar-refractivity contribution in [1.29, 1.82) is 0 Å². The van der Waals surface area contributed by atoms with Gasteiger partial charge in [-0.25, -0.2) is 4.98 Å². The maximum absolute atomic E-state index is 5.15. The third-order valence-corrected chi connectivity index (χ3v) is 10.9. The molecule has 3 aromatic heterocycles. The van der Waals surface area contributed by atoms with Gasteiger partial charge in [0.1, 0.15) is 5.65 Å². The van der Waals surface area contributed by atoms with E-state index in [1.165, 1.54) is 66.2 Å². The van der Waals surface area contributed by atoms with E-state index in [1.807, 2.05) is 0 Å². The van der Waals surface area contributed by atoms with Gasteiger partial charge in [0.15, 0.2) is 0 Å². The largest absolute Gasteiger partial charge is 0.313 e. The zero-order chi connectivity index (χ0) is 32.0. The number of allylic oxidation sites excluding steroid dienone is 5. The van der Waals surface area contributed by atoms with Crippen molar-refractivity contribution in [2.45, 2.75) is 32.1 Å². The number of nitrogens with zero attached hydrogens (tertiary/aromatic N) is 3. The lowest BCUT2D eigenvalue weighted by Gasteiger charge is -2.29. The highest BCUT2D eigenvalue weighted by molar-refractivity contribution is 6.14. The van der Waals surface area contributed by atoms with Gasteiger partial charge in [0.25, 0.3) is 0 Å². The van der Waals surface area contributed by atoms with E-state index in [2.05, 4.69) is 168 Å². The summed E-state index contributed by atoms with van der Waals surface area (Å²) >= 11 is 0. The number of hydrogen-bond donors (Lipinski definition) is 0. The van der Waals surface area contributed by atoms with E-state index in [-0.39, 0.29) is 5.41 Å². The molecule has 0 N–H and O–H groups in total. The Hall–Kier alpha value is -5.67. The van der Waals surface area contributed by atoms with Gasteiger partial charge >= 0.3 is 0 Å². The van der Waals surface area contributed by atoms with Crippen LogP contribution in [-0.4, -0.2) is 14.0 Å². The average Bonchev–Trinajstić information content (AvgIpc) is 3.68. The zero-order valence-corrected chi connectivity index (χ0v) is 27.2. The molecule has 230 valence electrons. The lowest BCUT2D eigenvalue weighted by atomic mass is 9.75. The number of rotatable bonds is 3. The lowest BCUT2D eigenvalue weighted by molar-refractivity contribution is 0.602. The smallest absolute Gasteiger partial charge is 0.146 e. The van der Waals surface area contributed by atoms with Crippen LogP contribution in [0.15, 0.2) is 140 Å². The summed E-state index contributed by atoms with van der Waals surface area (Å²) in [6.45, 7) is 4.66. The molecule has 2 aliphatic rings. The molecular weight excluding hydrogens is 583 g/mol. The summed E-state index contributed by atoms with van der Waals surface area (Å²) < 4.78 is 4.81. The number of hydrogen-bond acceptors (Lipinski definition) is 1. The fraction of sp³-hybridized carbons (Fsp3) is 0.133. The molecule has 3 nitrogen and oxygen atoms in total. The summed E-state index contributed by atoms with van der Waals surface area (Å²) in [5, 5.41) is 5.04. The van der Waals surface area contributed by atoms with Gasteiger partial charge in [0.2, 0.25) is 0 Å². The van der Waals surface area contributed by atoms with Crippen LogP contribution in [0.2, 0.25) is 0 Å². The SMILES string of the molecule is CC1C=Cc2c(n(-c3ccc(C4=CCC(C)(c5ccc6c7ccccc7n7c8ccccc8nc7c6c5)C=C4)cc3)c3ccccc23)C1. The maximum Gasteiger partial charge on any atom is 0.146 e. The quantitative estimate of drug-likeness (QED) is 0.181. The van der Waals surface area contributed by atoms with Crippen LogP contribution in [0, 0.1) is 5.92 Å². The van der Waals surface area contributed by atoms with E-state index in [0.29, 0.717) is 5.92 Å². The van der Waals surface area contributed by atoms with Crippen LogP contribution in [0.4, 0.5) is 0 Å². The Balaban J connectivity index is 1.01. The average molecular weight is 618 g/mol. The van der Waals surface area contributed by atoms with E-state index in [4.69, 9.17) is 4.98 Å². The Kier molecular flexibility index (Phi) is 5.81. The molecule has 48 heavy (non-hydrogen) atoms. The van der Waals surface area contributed by atoms with Crippen LogP contribution in [0.3, 0.4) is 0 Å². The second-order valence-electron chi connectivity index (χ2n) is 14.0. The summed E-state index contributed by atoms with van der Waals surface area (Å²) in [6, 6.07) is 42.2. The van der Waals surface area contributed by atoms with Crippen molar-refractivity contribution in [3.63, 3.8) is 0 Å². The monoisotopic (exact) mass is 617 g/mol. The molecule has 0 fully saturated rings. The van der Waals surface area contributed by atoms with Crippen LogP contribution in [0.5, 0.6) is 0 Å². The van der Waals surface area contributed by atoms with E-state index in [0.717, 1.165) is 29.5 Å². The van der Waals surface area contributed by atoms with Gasteiger partial charge in [-0.2, -0.15) is 0 Å². The first-order valence-electron chi connectivity index (χ1n) is 17.1. The van der Waals surface area contributed by atoms with Crippen molar-refractivity contribution in [2.75, 3.05) is 0 Å². The first kappa shape index (κ1) is 27.4. The van der Waals surface area contributed by atoms with Crippen LogP contribution in [0.1, 0.15) is 42.7 Å². The Bertz CT molecular complexity index is 2700. The molecule has 8 aromatic rings. The Morgan fingerprint density at radius 1 is 0.708 bits per heavy atom. The predicted molar refractivity (Wildman–Crippen MR) is 202 cm³/mol. The van der Waals surface area contributed by atoms with Gasteiger partial charge in [0, 0.05) is 38.5 Å². The second-order valence-corrected chi connectivity index (χ2v) is 14.0. The van der Waals surface area contributed by atoms with Crippen molar-refractivity contribution < 1.29 is 0 Å². The first-order chi connectivity index (χ1) is 23.6. The molecular formula is C45H35N3. The summed E-state index contributed by atoms with van der Waals surface area (Å²) in [5.41, 5.74) is 13.4. The van der Waals surface area contributed by atoms with Crippen molar-refractivity contribution in [1.82, 2.24) is 14.0 Å². The molecule has 5 aromatic carbocycles. The van der Waals surface area contributed by atoms with Crippen molar-refractivity contribution in [3.05, 3.63) is 162 Å². The third kappa shape index (κ3) is 3.97. The number of benzene rings is 5. The normalized spacial score (nSPS) is 19.1. The molecule has 0 saturated heterocycles. The molecule has 0 radical (unpaired) electrons. The molecule has 10 rings (SSSR count). The Morgan fingerprint density at radius 3 is 2.27 bits per heavy atom. The molecule has 0 amide bonds. The Labute approximate surface area is 279 Å². The number of fused-ring (bicyclic) bond motifs is 11. The summed E-state index contributed by atoms with van der Waals surface area (Å²) in [7, 11) is 0. The van der Waals surface area contributed by atoms with Crippen molar-refractivity contribution in [3.8, 4) is 5.69 Å². The van der Waals surface area contributed by atoms with Gasteiger partial charge in [-0.1, -0.05) is 117 Å². The maximum atomic E-state index is 5.15. The van der Waals surface area contributed by atoms with Crippen molar-refractivity contribution >= 4 is 60.9 Å². The fourth-order valence-corrected chi connectivity index (χ4v) is 8.26. The fourth-order valence-electron chi connectivity index (χ4n) is 8.26. The molecule has 0 spiro atoms. The third-order valence-electron chi connectivity index (χ3n) is 10.9. The molecule has 2 atom stereocenters. The number of pyridine rings is 1. The second kappa shape index (κ2) is 10.2. The zero-order valence-electron chi connectivity index (χ0n) is 27.2. The van der Waals surface area contributed by atoms with E-state index >= 15 is 0 Å². The van der Waals surface area contributed by atoms with Gasteiger partial charge in [-0.3, -0.25) is 4.40 Å². The van der Waals surface area contributed by atoms with Gasteiger partial charge in [0.05, 0.1) is 22.1 Å². The minimum absolute atomic E-state index is 0.111. The van der Waals surface area contributed by atoms with Gasteiger partial charge < -0.3 is 4.57 Å². The van der Waals surface area contributed by atoms with Crippen LogP contribution in [-0.2, 0) is 11.8 Å². The highest BCUT2D eigenvalue weighted by Gasteiger charge is 2.27. The van der Waals surface area contributed by atoms with Crippen LogP contribution < -0.4 is 0 Å². The lowest BCUT2D eigenvalue weighted by Crippen LogP contribution is -2.20. The highest BCUT2D eigenvalue weighted by Crippen LogP contribution is 2.41. The topological polar surface area (TPSA) is 22.2 Å². The number of aromatic nitrogens is 3. The molecule has 0 bridgehead atoms. The van der Waals surface area contributed by atoms with Crippen molar-refractivity contribution in [2.24, 2.45) is 5.92 Å². The summed E-state index contributed by atoms with van der Waals surface area (Å²) in [4.78, 5) is 5.15. The minimum atomic E-state index is -0.111. The first-order valence-corrected chi connectivity index (χ1v) is 17.1. The summed E-state index contributed by atoms with van der Waals surface area (Å²) in [6.07, 6.45) is 13.8. The van der Waals surface area contributed by atoms with Gasteiger partial charge in [-0.15, -0.1) is 0 Å².